The lowest BCUT2D eigenvalue weighted by atomic mass is 9.78. The molecular weight excluding hydrogens is 148 g/mol. The maximum atomic E-state index is 5.92. The highest BCUT2D eigenvalue weighted by Gasteiger charge is 2.35. The molecule has 1 heterocycles. The van der Waals surface area contributed by atoms with E-state index in [0.29, 0.717) is 0 Å². The lowest BCUT2D eigenvalue weighted by Crippen LogP contribution is -2.38. The topological polar surface area (TPSA) is 9.23 Å². The van der Waals surface area contributed by atoms with Gasteiger partial charge in [-0.15, -0.1) is 0 Å². The van der Waals surface area contributed by atoms with Gasteiger partial charge < -0.3 is 4.74 Å². The molecule has 2 fully saturated rings. The molecule has 1 saturated heterocycles. The Balaban J connectivity index is 2.02. The lowest BCUT2D eigenvalue weighted by Gasteiger charge is -2.41. The van der Waals surface area contributed by atoms with Gasteiger partial charge in [0.1, 0.15) is 0 Å². The van der Waals surface area contributed by atoms with E-state index in [1.807, 2.05) is 0 Å². The van der Waals surface area contributed by atoms with E-state index < -0.39 is 0 Å². The van der Waals surface area contributed by atoms with Crippen LogP contribution in [0, 0.1) is 0 Å². The van der Waals surface area contributed by atoms with Crippen LogP contribution in [0.3, 0.4) is 0 Å². The van der Waals surface area contributed by atoms with Crippen molar-refractivity contribution in [2.75, 3.05) is 6.61 Å². The Bertz CT molecular complexity index is 172. The van der Waals surface area contributed by atoms with E-state index in [1.165, 1.54) is 37.7 Å². The number of ether oxygens (including phenoxy) is 1. The fraction of sp³-hybridized carbons (Fsp3) is 0.818. The standard InChI is InChI=1S/C11H18O/c1-10-5-8-12-11(9-10)6-3-2-4-7-11/h1-9H2. The Labute approximate surface area is 74.8 Å². The average Bonchev–Trinajstić information content (AvgIpc) is 2.05. The van der Waals surface area contributed by atoms with Crippen molar-refractivity contribution < 1.29 is 4.74 Å². The molecule has 1 spiro atoms. The van der Waals surface area contributed by atoms with Crippen LogP contribution < -0.4 is 0 Å². The maximum Gasteiger partial charge on any atom is 0.0719 e. The van der Waals surface area contributed by atoms with Gasteiger partial charge in [-0.1, -0.05) is 31.4 Å². The van der Waals surface area contributed by atoms with Gasteiger partial charge in [0, 0.05) is 0 Å². The van der Waals surface area contributed by atoms with Gasteiger partial charge in [-0.2, -0.15) is 0 Å². The van der Waals surface area contributed by atoms with Crippen LogP contribution in [0.25, 0.3) is 0 Å². The smallest absolute Gasteiger partial charge is 0.0719 e. The highest BCUT2D eigenvalue weighted by atomic mass is 16.5. The first-order valence-electron chi connectivity index (χ1n) is 5.11. The van der Waals surface area contributed by atoms with Crippen molar-refractivity contribution in [3.05, 3.63) is 12.2 Å². The molecule has 0 aromatic heterocycles. The minimum absolute atomic E-state index is 0.230. The third-order valence-electron chi connectivity index (χ3n) is 3.20. The molecule has 2 aliphatic rings. The number of rotatable bonds is 0. The summed E-state index contributed by atoms with van der Waals surface area (Å²) in [7, 11) is 0. The molecule has 1 aliphatic carbocycles. The van der Waals surface area contributed by atoms with Gasteiger partial charge in [-0.25, -0.2) is 0 Å². The lowest BCUT2D eigenvalue weighted by molar-refractivity contribution is -0.0837. The molecule has 0 atom stereocenters. The fourth-order valence-corrected chi connectivity index (χ4v) is 2.52. The maximum absolute atomic E-state index is 5.92. The fourth-order valence-electron chi connectivity index (χ4n) is 2.52. The second kappa shape index (κ2) is 3.21. The molecule has 0 aromatic rings. The molecule has 68 valence electrons. The summed E-state index contributed by atoms with van der Waals surface area (Å²) < 4.78 is 5.92. The third-order valence-corrected chi connectivity index (χ3v) is 3.20. The molecular formula is C11H18O. The van der Waals surface area contributed by atoms with Crippen molar-refractivity contribution in [2.45, 2.75) is 50.5 Å². The van der Waals surface area contributed by atoms with E-state index >= 15 is 0 Å². The first kappa shape index (κ1) is 8.31. The second-order valence-corrected chi connectivity index (χ2v) is 4.27. The zero-order valence-electron chi connectivity index (χ0n) is 7.77. The van der Waals surface area contributed by atoms with Gasteiger partial charge in [-0.05, 0) is 25.7 Å². The summed E-state index contributed by atoms with van der Waals surface area (Å²) in [6, 6.07) is 0. The van der Waals surface area contributed by atoms with Crippen molar-refractivity contribution in [2.24, 2.45) is 0 Å². The monoisotopic (exact) mass is 166 g/mol. The van der Waals surface area contributed by atoms with Crippen LogP contribution in [0.15, 0.2) is 12.2 Å². The predicted molar refractivity (Wildman–Crippen MR) is 50.1 cm³/mol. The largest absolute Gasteiger partial charge is 0.374 e. The van der Waals surface area contributed by atoms with Crippen LogP contribution >= 0.6 is 0 Å². The normalized spacial score (nSPS) is 29.2. The van der Waals surface area contributed by atoms with E-state index in [-0.39, 0.29) is 5.60 Å². The van der Waals surface area contributed by atoms with Gasteiger partial charge in [0.15, 0.2) is 0 Å². The number of hydrogen-bond donors (Lipinski definition) is 0. The summed E-state index contributed by atoms with van der Waals surface area (Å²) in [5.41, 5.74) is 1.64. The van der Waals surface area contributed by atoms with Gasteiger partial charge in [0.2, 0.25) is 0 Å². The molecule has 0 amide bonds. The zero-order chi connectivity index (χ0) is 8.44. The molecule has 1 aliphatic heterocycles. The Morgan fingerprint density at radius 3 is 2.58 bits per heavy atom. The van der Waals surface area contributed by atoms with E-state index in [1.54, 1.807) is 0 Å². The summed E-state index contributed by atoms with van der Waals surface area (Å²) in [5, 5.41) is 0. The molecule has 0 radical (unpaired) electrons. The van der Waals surface area contributed by atoms with Crippen LogP contribution in [0.1, 0.15) is 44.9 Å². The molecule has 1 nitrogen and oxygen atoms in total. The average molecular weight is 166 g/mol. The summed E-state index contributed by atoms with van der Waals surface area (Å²) in [6.07, 6.45) is 8.87. The van der Waals surface area contributed by atoms with Gasteiger partial charge >= 0.3 is 0 Å². The molecule has 1 saturated carbocycles. The van der Waals surface area contributed by atoms with Crippen molar-refractivity contribution in [3.8, 4) is 0 Å². The summed E-state index contributed by atoms with van der Waals surface area (Å²) in [5.74, 6) is 0. The molecule has 0 unspecified atom stereocenters. The highest BCUT2D eigenvalue weighted by molar-refractivity contribution is 5.05. The third kappa shape index (κ3) is 1.56. The van der Waals surface area contributed by atoms with Crippen LogP contribution in [0.2, 0.25) is 0 Å². The summed E-state index contributed by atoms with van der Waals surface area (Å²) in [4.78, 5) is 0. The van der Waals surface area contributed by atoms with Crippen molar-refractivity contribution in [1.29, 1.82) is 0 Å². The Kier molecular flexibility index (Phi) is 2.22. The van der Waals surface area contributed by atoms with Gasteiger partial charge in [-0.3, -0.25) is 0 Å². The Hall–Kier alpha value is -0.300. The molecule has 0 aromatic carbocycles. The van der Waals surface area contributed by atoms with E-state index in [9.17, 15) is 0 Å². The molecule has 0 bridgehead atoms. The Morgan fingerprint density at radius 2 is 1.92 bits per heavy atom. The van der Waals surface area contributed by atoms with Crippen molar-refractivity contribution in [3.63, 3.8) is 0 Å². The Morgan fingerprint density at radius 1 is 1.17 bits per heavy atom. The minimum atomic E-state index is 0.230. The van der Waals surface area contributed by atoms with E-state index in [4.69, 9.17) is 4.74 Å². The van der Waals surface area contributed by atoms with Gasteiger partial charge in [0.25, 0.3) is 0 Å². The number of hydrogen-bond acceptors (Lipinski definition) is 1. The van der Waals surface area contributed by atoms with Crippen LogP contribution in [-0.4, -0.2) is 12.2 Å². The highest BCUT2D eigenvalue weighted by Crippen LogP contribution is 2.39. The minimum Gasteiger partial charge on any atom is -0.374 e. The molecule has 2 rings (SSSR count). The molecule has 0 N–H and O–H groups in total. The van der Waals surface area contributed by atoms with Crippen LogP contribution in [0.4, 0.5) is 0 Å². The van der Waals surface area contributed by atoms with Gasteiger partial charge in [0.05, 0.1) is 12.2 Å². The predicted octanol–water partition coefficient (Wildman–Crippen LogP) is 3.06. The second-order valence-electron chi connectivity index (χ2n) is 4.27. The van der Waals surface area contributed by atoms with E-state index in [0.717, 1.165) is 19.4 Å². The first-order valence-corrected chi connectivity index (χ1v) is 5.11. The molecule has 1 heteroatoms. The zero-order valence-corrected chi connectivity index (χ0v) is 7.77. The van der Waals surface area contributed by atoms with Crippen LogP contribution in [-0.2, 0) is 4.74 Å². The van der Waals surface area contributed by atoms with Crippen LogP contribution in [0.5, 0.6) is 0 Å². The summed E-state index contributed by atoms with van der Waals surface area (Å²) in [6.45, 7) is 5.00. The van der Waals surface area contributed by atoms with E-state index in [2.05, 4.69) is 6.58 Å². The van der Waals surface area contributed by atoms with Crippen molar-refractivity contribution >= 4 is 0 Å². The van der Waals surface area contributed by atoms with Crippen molar-refractivity contribution in [1.82, 2.24) is 0 Å². The summed E-state index contributed by atoms with van der Waals surface area (Å²) >= 11 is 0. The first-order chi connectivity index (χ1) is 5.81. The molecule has 12 heavy (non-hydrogen) atoms. The quantitative estimate of drug-likeness (QED) is 0.502. The SMILES string of the molecule is C=C1CCOC2(CCCCC2)C1.